The number of amides is 1. The van der Waals surface area contributed by atoms with Crippen LogP contribution in [0.5, 0.6) is 0 Å². The van der Waals surface area contributed by atoms with Gasteiger partial charge in [0.2, 0.25) is 5.91 Å². The molecule has 1 atom stereocenters. The summed E-state index contributed by atoms with van der Waals surface area (Å²) in [5.74, 6) is -0.549. The van der Waals surface area contributed by atoms with Crippen molar-refractivity contribution in [1.29, 1.82) is 0 Å². The van der Waals surface area contributed by atoms with Gasteiger partial charge in [0.15, 0.2) is 0 Å². The van der Waals surface area contributed by atoms with Crippen LogP contribution in [0, 0.1) is 0 Å². The fraction of sp³-hybridized carbons (Fsp3) is 0.462. The molecule has 7 heteroatoms. The largest absolute Gasteiger partial charge is 0.406 e. The van der Waals surface area contributed by atoms with Gasteiger partial charge in [-0.1, -0.05) is 12.1 Å². The van der Waals surface area contributed by atoms with Crippen molar-refractivity contribution in [2.45, 2.75) is 19.1 Å². The molecular weight excluding hydrogens is 271 g/mol. The van der Waals surface area contributed by atoms with Gasteiger partial charge in [0.25, 0.3) is 0 Å². The lowest BCUT2D eigenvalue weighted by Gasteiger charge is -2.32. The van der Waals surface area contributed by atoms with Gasteiger partial charge in [-0.2, -0.15) is 13.2 Å². The zero-order valence-electron chi connectivity index (χ0n) is 11.0. The van der Waals surface area contributed by atoms with Crippen molar-refractivity contribution >= 4 is 17.3 Å². The van der Waals surface area contributed by atoms with Gasteiger partial charge < -0.3 is 15.5 Å². The minimum absolute atomic E-state index is 0.0260. The Bertz CT molecular complexity index is 490. The van der Waals surface area contributed by atoms with E-state index in [2.05, 4.69) is 10.6 Å². The van der Waals surface area contributed by atoms with Crippen LogP contribution >= 0.6 is 0 Å². The molecule has 0 radical (unpaired) electrons. The zero-order valence-corrected chi connectivity index (χ0v) is 11.0. The van der Waals surface area contributed by atoms with E-state index in [1.165, 1.54) is 6.92 Å². The molecule has 0 saturated heterocycles. The van der Waals surface area contributed by atoms with Crippen LogP contribution in [0.15, 0.2) is 24.3 Å². The number of nitrogens with one attached hydrogen (secondary N) is 2. The van der Waals surface area contributed by atoms with Crippen LogP contribution in [0.25, 0.3) is 0 Å². The number of para-hydroxylation sites is 2. The molecule has 20 heavy (non-hydrogen) atoms. The fourth-order valence-electron chi connectivity index (χ4n) is 2.15. The summed E-state index contributed by atoms with van der Waals surface area (Å²) >= 11 is 0. The highest BCUT2D eigenvalue weighted by molar-refractivity contribution is 5.88. The van der Waals surface area contributed by atoms with Crippen molar-refractivity contribution in [3.63, 3.8) is 0 Å². The van der Waals surface area contributed by atoms with Crippen LogP contribution < -0.4 is 10.6 Å². The van der Waals surface area contributed by atoms with Crippen molar-refractivity contribution in [1.82, 2.24) is 4.90 Å². The summed E-state index contributed by atoms with van der Waals surface area (Å²) in [4.78, 5) is 13.0. The maximum atomic E-state index is 12.4. The highest BCUT2D eigenvalue weighted by Gasteiger charge is 2.35. The van der Waals surface area contributed by atoms with E-state index in [0.717, 1.165) is 16.3 Å². The van der Waals surface area contributed by atoms with E-state index in [0.29, 0.717) is 0 Å². The molecular formula is C13H16F3N3O. The van der Waals surface area contributed by atoms with E-state index < -0.39 is 24.7 Å². The monoisotopic (exact) mass is 287 g/mol. The highest BCUT2D eigenvalue weighted by Crippen LogP contribution is 2.26. The SMILES string of the molecule is CCN(CC(F)(F)F)C(=O)C1CNc2ccccc2N1. The third-order valence-electron chi connectivity index (χ3n) is 3.12. The van der Waals surface area contributed by atoms with E-state index in [1.54, 1.807) is 12.1 Å². The topological polar surface area (TPSA) is 44.4 Å². The Morgan fingerprint density at radius 1 is 1.35 bits per heavy atom. The first-order valence-electron chi connectivity index (χ1n) is 6.35. The molecule has 1 amide bonds. The number of halogens is 3. The molecule has 0 aromatic heterocycles. The van der Waals surface area contributed by atoms with Crippen molar-refractivity contribution in [3.8, 4) is 0 Å². The quantitative estimate of drug-likeness (QED) is 0.896. The first kappa shape index (κ1) is 14.5. The molecule has 4 nitrogen and oxygen atoms in total. The molecule has 0 bridgehead atoms. The molecule has 1 aromatic carbocycles. The molecule has 1 unspecified atom stereocenters. The Morgan fingerprint density at radius 2 is 2.00 bits per heavy atom. The minimum Gasteiger partial charge on any atom is -0.381 e. The van der Waals surface area contributed by atoms with E-state index in [1.807, 2.05) is 12.1 Å². The molecule has 1 heterocycles. The summed E-state index contributed by atoms with van der Waals surface area (Å²) in [5, 5.41) is 6.02. The fourth-order valence-corrected chi connectivity index (χ4v) is 2.15. The number of benzene rings is 1. The second kappa shape index (κ2) is 5.60. The van der Waals surface area contributed by atoms with E-state index in [4.69, 9.17) is 0 Å². The lowest BCUT2D eigenvalue weighted by atomic mass is 10.1. The third-order valence-corrected chi connectivity index (χ3v) is 3.12. The summed E-state index contributed by atoms with van der Waals surface area (Å²) in [6.07, 6.45) is -4.38. The van der Waals surface area contributed by atoms with Crippen molar-refractivity contribution in [2.24, 2.45) is 0 Å². The average molecular weight is 287 g/mol. The number of anilines is 2. The van der Waals surface area contributed by atoms with Crippen molar-refractivity contribution < 1.29 is 18.0 Å². The van der Waals surface area contributed by atoms with Crippen molar-refractivity contribution in [2.75, 3.05) is 30.3 Å². The lowest BCUT2D eigenvalue weighted by molar-refractivity contribution is -0.161. The van der Waals surface area contributed by atoms with Gasteiger partial charge in [-0.15, -0.1) is 0 Å². The molecule has 0 aliphatic carbocycles. The molecule has 2 N–H and O–H groups in total. The molecule has 1 aliphatic heterocycles. The van der Waals surface area contributed by atoms with Crippen LogP contribution in [-0.2, 0) is 4.79 Å². The minimum atomic E-state index is -4.38. The summed E-state index contributed by atoms with van der Waals surface area (Å²) < 4.78 is 37.3. The van der Waals surface area contributed by atoms with Crippen LogP contribution in [0.2, 0.25) is 0 Å². The number of fused-ring (bicyclic) bond motifs is 1. The Hall–Kier alpha value is -1.92. The average Bonchev–Trinajstić information content (AvgIpc) is 2.42. The Labute approximate surface area is 114 Å². The number of hydrogen-bond acceptors (Lipinski definition) is 3. The number of hydrogen-bond donors (Lipinski definition) is 2. The van der Waals surface area contributed by atoms with Crippen LogP contribution in [0.3, 0.4) is 0 Å². The van der Waals surface area contributed by atoms with E-state index in [-0.39, 0.29) is 13.1 Å². The van der Waals surface area contributed by atoms with Gasteiger partial charge in [0.05, 0.1) is 11.4 Å². The van der Waals surface area contributed by atoms with Crippen LogP contribution in [-0.4, -0.2) is 42.7 Å². The molecule has 0 spiro atoms. The van der Waals surface area contributed by atoms with Crippen molar-refractivity contribution in [3.05, 3.63) is 24.3 Å². The van der Waals surface area contributed by atoms with E-state index >= 15 is 0 Å². The maximum absolute atomic E-state index is 12.4. The van der Waals surface area contributed by atoms with Gasteiger partial charge in [-0.05, 0) is 19.1 Å². The van der Waals surface area contributed by atoms with Crippen LogP contribution in [0.4, 0.5) is 24.5 Å². The molecule has 1 aromatic rings. The van der Waals surface area contributed by atoms with Gasteiger partial charge in [-0.25, -0.2) is 0 Å². The van der Waals surface area contributed by atoms with E-state index in [9.17, 15) is 18.0 Å². The summed E-state index contributed by atoms with van der Waals surface area (Å²) in [5.41, 5.74) is 1.57. The number of carbonyl (C=O) groups excluding carboxylic acids is 1. The van der Waals surface area contributed by atoms with Gasteiger partial charge >= 0.3 is 6.18 Å². The first-order valence-corrected chi connectivity index (χ1v) is 6.35. The number of alkyl halides is 3. The number of carbonyl (C=O) groups is 1. The van der Waals surface area contributed by atoms with Gasteiger partial charge in [0.1, 0.15) is 12.6 Å². The molecule has 2 rings (SSSR count). The Kier molecular flexibility index (Phi) is 4.06. The second-order valence-corrected chi connectivity index (χ2v) is 4.59. The second-order valence-electron chi connectivity index (χ2n) is 4.59. The van der Waals surface area contributed by atoms with Gasteiger partial charge in [0, 0.05) is 13.1 Å². The predicted molar refractivity (Wildman–Crippen MR) is 70.7 cm³/mol. The normalized spacial score (nSPS) is 17.7. The smallest absolute Gasteiger partial charge is 0.381 e. The summed E-state index contributed by atoms with van der Waals surface area (Å²) in [6, 6.07) is 6.58. The number of likely N-dealkylation sites (N-methyl/N-ethyl adjacent to an activating group) is 1. The Morgan fingerprint density at radius 3 is 2.60 bits per heavy atom. The molecule has 110 valence electrons. The number of rotatable bonds is 3. The first-order chi connectivity index (χ1) is 9.40. The standard InChI is InChI=1S/C13H16F3N3O/c1-2-19(8-13(14,15)16)12(20)11-7-17-9-5-3-4-6-10(9)18-11/h3-6,11,17-18H,2,7-8H2,1H3. The molecule has 0 fully saturated rings. The van der Waals surface area contributed by atoms with Crippen LogP contribution in [0.1, 0.15) is 6.92 Å². The molecule has 1 aliphatic rings. The zero-order chi connectivity index (χ0) is 14.8. The Balaban J connectivity index is 2.07. The third kappa shape index (κ3) is 3.34. The highest BCUT2D eigenvalue weighted by atomic mass is 19.4. The van der Waals surface area contributed by atoms with Gasteiger partial charge in [-0.3, -0.25) is 4.79 Å². The predicted octanol–water partition coefficient (Wildman–Crippen LogP) is 2.30. The molecule has 0 saturated carbocycles. The summed E-state index contributed by atoms with van der Waals surface area (Å²) in [7, 11) is 0. The maximum Gasteiger partial charge on any atom is 0.406 e. The lowest BCUT2D eigenvalue weighted by Crippen LogP contribution is -2.50. The summed E-state index contributed by atoms with van der Waals surface area (Å²) in [6.45, 7) is 0.609. The number of nitrogens with zero attached hydrogens (tertiary/aromatic N) is 1.